The standard InChI is InChI=1S/C14H16BrN3O/c1-4-11-14(15)12(18(3)17-11)8-13(19)10-6-5-7-16-9(10)2/h5-7H,4,8H2,1-3H3. The quantitative estimate of drug-likeness (QED) is 0.813. The molecule has 0 radical (unpaired) electrons. The lowest BCUT2D eigenvalue weighted by Crippen LogP contribution is -2.10. The summed E-state index contributed by atoms with van der Waals surface area (Å²) < 4.78 is 2.71. The minimum Gasteiger partial charge on any atom is -0.294 e. The first-order valence-corrected chi connectivity index (χ1v) is 6.99. The zero-order valence-electron chi connectivity index (χ0n) is 11.3. The SMILES string of the molecule is CCc1nn(C)c(CC(=O)c2cccnc2C)c1Br. The van der Waals surface area contributed by atoms with Gasteiger partial charge in [0.1, 0.15) is 0 Å². The summed E-state index contributed by atoms with van der Waals surface area (Å²) >= 11 is 3.53. The highest BCUT2D eigenvalue weighted by molar-refractivity contribution is 9.10. The molecule has 5 heteroatoms. The number of carbonyl (C=O) groups excluding carboxylic acids is 1. The van der Waals surface area contributed by atoms with E-state index in [1.807, 2.05) is 27.0 Å². The Morgan fingerprint density at radius 1 is 1.47 bits per heavy atom. The maximum Gasteiger partial charge on any atom is 0.170 e. The van der Waals surface area contributed by atoms with Crippen molar-refractivity contribution in [3.8, 4) is 0 Å². The van der Waals surface area contributed by atoms with E-state index in [2.05, 4.69) is 26.0 Å². The molecular formula is C14H16BrN3O. The van der Waals surface area contributed by atoms with Crippen molar-refractivity contribution in [2.75, 3.05) is 0 Å². The smallest absolute Gasteiger partial charge is 0.170 e. The molecule has 0 aliphatic heterocycles. The molecule has 2 aromatic heterocycles. The van der Waals surface area contributed by atoms with Crippen LogP contribution < -0.4 is 0 Å². The summed E-state index contributed by atoms with van der Waals surface area (Å²) in [7, 11) is 1.86. The number of aryl methyl sites for hydroxylation is 3. The lowest BCUT2D eigenvalue weighted by molar-refractivity contribution is 0.0989. The van der Waals surface area contributed by atoms with E-state index in [9.17, 15) is 4.79 Å². The maximum absolute atomic E-state index is 12.3. The van der Waals surface area contributed by atoms with Crippen molar-refractivity contribution < 1.29 is 4.79 Å². The highest BCUT2D eigenvalue weighted by atomic mass is 79.9. The number of rotatable bonds is 4. The highest BCUT2D eigenvalue weighted by Crippen LogP contribution is 2.23. The molecule has 0 aromatic carbocycles. The van der Waals surface area contributed by atoms with Gasteiger partial charge in [0, 0.05) is 24.5 Å². The largest absolute Gasteiger partial charge is 0.294 e. The van der Waals surface area contributed by atoms with Gasteiger partial charge in [-0.05, 0) is 41.4 Å². The van der Waals surface area contributed by atoms with Gasteiger partial charge in [0.15, 0.2) is 5.78 Å². The van der Waals surface area contributed by atoms with Crippen molar-refractivity contribution >= 4 is 21.7 Å². The molecule has 0 unspecified atom stereocenters. The van der Waals surface area contributed by atoms with Crippen LogP contribution in [-0.4, -0.2) is 20.5 Å². The molecule has 100 valence electrons. The zero-order valence-corrected chi connectivity index (χ0v) is 12.9. The van der Waals surface area contributed by atoms with E-state index < -0.39 is 0 Å². The molecule has 0 aliphatic carbocycles. The molecule has 0 saturated carbocycles. The van der Waals surface area contributed by atoms with E-state index >= 15 is 0 Å². The number of hydrogen-bond donors (Lipinski definition) is 0. The topological polar surface area (TPSA) is 47.8 Å². The number of hydrogen-bond acceptors (Lipinski definition) is 3. The molecule has 0 N–H and O–H groups in total. The molecule has 2 aromatic rings. The van der Waals surface area contributed by atoms with Crippen LogP contribution in [-0.2, 0) is 19.9 Å². The number of aromatic nitrogens is 3. The summed E-state index contributed by atoms with van der Waals surface area (Å²) in [5.74, 6) is 0.0666. The molecule has 4 nitrogen and oxygen atoms in total. The number of nitrogens with zero attached hydrogens (tertiary/aromatic N) is 3. The van der Waals surface area contributed by atoms with E-state index in [1.54, 1.807) is 16.9 Å². The first-order chi connectivity index (χ1) is 9.04. The number of ketones is 1. The fourth-order valence-electron chi connectivity index (χ4n) is 2.04. The second-order valence-electron chi connectivity index (χ2n) is 4.42. The van der Waals surface area contributed by atoms with E-state index in [-0.39, 0.29) is 5.78 Å². The predicted molar refractivity (Wildman–Crippen MR) is 77.3 cm³/mol. The third-order valence-corrected chi connectivity index (χ3v) is 4.05. The average Bonchev–Trinajstić information content (AvgIpc) is 2.66. The van der Waals surface area contributed by atoms with Gasteiger partial charge in [-0.25, -0.2) is 0 Å². The molecule has 0 aliphatic rings. The molecule has 0 saturated heterocycles. The molecule has 0 spiro atoms. The summed E-state index contributed by atoms with van der Waals surface area (Å²) in [4.78, 5) is 16.5. The normalized spacial score (nSPS) is 10.7. The molecule has 2 rings (SSSR count). The molecule has 0 amide bonds. The van der Waals surface area contributed by atoms with Crippen LogP contribution in [0.3, 0.4) is 0 Å². The Morgan fingerprint density at radius 3 is 2.79 bits per heavy atom. The van der Waals surface area contributed by atoms with Crippen molar-refractivity contribution in [1.29, 1.82) is 0 Å². The summed E-state index contributed by atoms with van der Waals surface area (Å²) in [6.45, 7) is 3.90. The van der Waals surface area contributed by atoms with Gasteiger partial charge in [-0.1, -0.05) is 6.92 Å². The summed E-state index contributed by atoms with van der Waals surface area (Å²) in [6.07, 6.45) is 2.87. The number of Topliss-reactive ketones (excluding diaryl/α,β-unsaturated/α-hetero) is 1. The third-order valence-electron chi connectivity index (χ3n) is 3.14. The van der Waals surface area contributed by atoms with Gasteiger partial charge in [-0.2, -0.15) is 5.10 Å². The van der Waals surface area contributed by atoms with Crippen LogP contribution in [0.15, 0.2) is 22.8 Å². The monoisotopic (exact) mass is 321 g/mol. The Balaban J connectivity index is 2.30. The average molecular weight is 322 g/mol. The summed E-state index contributed by atoms with van der Waals surface area (Å²) in [5, 5.41) is 4.40. The highest BCUT2D eigenvalue weighted by Gasteiger charge is 2.17. The minimum absolute atomic E-state index is 0.0666. The van der Waals surface area contributed by atoms with E-state index in [1.165, 1.54) is 0 Å². The van der Waals surface area contributed by atoms with Crippen molar-refractivity contribution in [3.05, 3.63) is 45.4 Å². The number of halogens is 1. The molecule has 0 atom stereocenters. The maximum atomic E-state index is 12.3. The van der Waals surface area contributed by atoms with Gasteiger partial charge >= 0.3 is 0 Å². The van der Waals surface area contributed by atoms with Crippen molar-refractivity contribution in [3.63, 3.8) is 0 Å². The summed E-state index contributed by atoms with van der Waals surface area (Å²) in [5.41, 5.74) is 3.33. The fraction of sp³-hybridized carbons (Fsp3) is 0.357. The predicted octanol–water partition coefficient (Wildman–Crippen LogP) is 2.87. The van der Waals surface area contributed by atoms with Crippen LogP contribution in [0.25, 0.3) is 0 Å². The fourth-order valence-corrected chi connectivity index (χ4v) is 2.79. The van der Waals surface area contributed by atoms with Gasteiger partial charge in [-0.15, -0.1) is 0 Å². The van der Waals surface area contributed by atoms with E-state index in [4.69, 9.17) is 0 Å². The van der Waals surface area contributed by atoms with Crippen molar-refractivity contribution in [2.24, 2.45) is 7.05 Å². The van der Waals surface area contributed by atoms with Crippen LogP contribution in [0.4, 0.5) is 0 Å². The molecular weight excluding hydrogens is 306 g/mol. The second kappa shape index (κ2) is 5.65. The van der Waals surface area contributed by atoms with Crippen molar-refractivity contribution in [1.82, 2.24) is 14.8 Å². The first kappa shape index (κ1) is 13.9. The lowest BCUT2D eigenvalue weighted by atomic mass is 10.1. The Bertz CT molecular complexity index is 619. The first-order valence-electron chi connectivity index (χ1n) is 6.19. The van der Waals surface area contributed by atoms with Gasteiger partial charge in [0.05, 0.1) is 22.3 Å². The van der Waals surface area contributed by atoms with Gasteiger partial charge < -0.3 is 0 Å². The molecule has 19 heavy (non-hydrogen) atoms. The zero-order chi connectivity index (χ0) is 14.0. The van der Waals surface area contributed by atoms with Crippen LogP contribution >= 0.6 is 15.9 Å². The Labute approximate surface area is 121 Å². The third kappa shape index (κ3) is 2.76. The van der Waals surface area contributed by atoms with Crippen LogP contribution in [0.5, 0.6) is 0 Å². The van der Waals surface area contributed by atoms with Crippen LogP contribution in [0.2, 0.25) is 0 Å². The molecule has 0 fully saturated rings. The van der Waals surface area contributed by atoms with Gasteiger partial charge in [0.2, 0.25) is 0 Å². The van der Waals surface area contributed by atoms with Gasteiger partial charge in [0.25, 0.3) is 0 Å². The lowest BCUT2D eigenvalue weighted by Gasteiger charge is -2.05. The van der Waals surface area contributed by atoms with E-state index in [0.717, 1.165) is 28.0 Å². The molecule has 2 heterocycles. The van der Waals surface area contributed by atoms with Crippen LogP contribution in [0.1, 0.15) is 34.4 Å². The summed E-state index contributed by atoms with van der Waals surface area (Å²) in [6, 6.07) is 3.60. The Hall–Kier alpha value is -1.49. The number of carbonyl (C=O) groups is 1. The molecule has 0 bridgehead atoms. The second-order valence-corrected chi connectivity index (χ2v) is 5.21. The van der Waals surface area contributed by atoms with E-state index in [0.29, 0.717) is 12.0 Å². The van der Waals surface area contributed by atoms with Gasteiger partial charge in [-0.3, -0.25) is 14.5 Å². The Morgan fingerprint density at radius 2 is 2.21 bits per heavy atom. The minimum atomic E-state index is 0.0666. The van der Waals surface area contributed by atoms with Crippen LogP contribution in [0, 0.1) is 6.92 Å². The number of pyridine rings is 1. The Kier molecular flexibility index (Phi) is 4.14. The van der Waals surface area contributed by atoms with Crippen molar-refractivity contribution in [2.45, 2.75) is 26.7 Å².